The lowest BCUT2D eigenvalue weighted by atomic mass is 10.1. The molecule has 1 aromatic carbocycles. The first kappa shape index (κ1) is 15.5. The molecule has 0 bridgehead atoms. The summed E-state index contributed by atoms with van der Waals surface area (Å²) in [5, 5.41) is 11.7. The summed E-state index contributed by atoms with van der Waals surface area (Å²) >= 11 is 0. The monoisotopic (exact) mass is 290 g/mol. The van der Waals surface area contributed by atoms with E-state index in [-0.39, 0.29) is 6.04 Å². The molecule has 0 amide bonds. The van der Waals surface area contributed by atoms with Crippen molar-refractivity contribution in [2.75, 3.05) is 17.3 Å². The summed E-state index contributed by atoms with van der Waals surface area (Å²) in [6.45, 7) is 1.77. The van der Waals surface area contributed by atoms with Crippen LogP contribution in [0.4, 0.5) is 18.9 Å². The summed E-state index contributed by atoms with van der Waals surface area (Å²) in [5.74, 6) is 0.378. The van der Waals surface area contributed by atoms with Gasteiger partial charge in [-0.3, -0.25) is 4.21 Å². The van der Waals surface area contributed by atoms with Gasteiger partial charge in [0.15, 0.2) is 0 Å². The lowest BCUT2D eigenvalue weighted by Crippen LogP contribution is -2.22. The molecule has 0 aliphatic heterocycles. The molecule has 0 saturated heterocycles. The van der Waals surface area contributed by atoms with E-state index in [0.717, 1.165) is 12.1 Å². The second-order valence-electron chi connectivity index (χ2n) is 4.16. The highest BCUT2D eigenvalue weighted by Crippen LogP contribution is 2.33. The fourth-order valence-electron chi connectivity index (χ4n) is 1.65. The van der Waals surface area contributed by atoms with Gasteiger partial charge in [-0.1, -0.05) is 0 Å². The van der Waals surface area contributed by atoms with Crippen molar-refractivity contribution >= 4 is 16.5 Å². The topological polar surface area (TPSA) is 52.9 Å². The molecule has 0 aliphatic rings. The zero-order valence-electron chi connectivity index (χ0n) is 10.4. The molecular weight excluding hydrogens is 277 g/mol. The Labute approximate surface area is 111 Å². The lowest BCUT2D eigenvalue weighted by Gasteiger charge is -2.15. The molecule has 7 heteroatoms. The third kappa shape index (κ3) is 4.56. The number of rotatable bonds is 4. The van der Waals surface area contributed by atoms with Crippen LogP contribution in [0.5, 0.6) is 0 Å². The normalized spacial score (nSPS) is 14.5. The van der Waals surface area contributed by atoms with Gasteiger partial charge < -0.3 is 5.32 Å². The van der Waals surface area contributed by atoms with E-state index in [1.54, 1.807) is 13.2 Å². The Morgan fingerprint density at radius 3 is 2.58 bits per heavy atom. The van der Waals surface area contributed by atoms with Crippen LogP contribution < -0.4 is 5.32 Å². The van der Waals surface area contributed by atoms with Gasteiger partial charge in [-0.25, -0.2) is 0 Å². The Morgan fingerprint density at radius 1 is 1.47 bits per heavy atom. The number of alkyl halides is 3. The van der Waals surface area contributed by atoms with Gasteiger partial charge in [0.05, 0.1) is 17.2 Å². The maximum atomic E-state index is 12.6. The van der Waals surface area contributed by atoms with Crippen LogP contribution in [0.3, 0.4) is 0 Å². The Bertz CT molecular complexity index is 523. The number of hydrogen-bond donors (Lipinski definition) is 1. The number of nitrogens with zero attached hydrogens (tertiary/aromatic N) is 1. The predicted molar refractivity (Wildman–Crippen MR) is 68.2 cm³/mol. The van der Waals surface area contributed by atoms with Crippen LogP contribution in [-0.2, 0) is 17.0 Å². The smallest absolute Gasteiger partial charge is 0.382 e. The fraction of sp³-hybridized carbons (Fsp3) is 0.417. The van der Waals surface area contributed by atoms with Gasteiger partial charge in [0.25, 0.3) is 0 Å². The molecule has 0 saturated carbocycles. The zero-order chi connectivity index (χ0) is 14.6. The number of anilines is 1. The second kappa shape index (κ2) is 6.06. The summed E-state index contributed by atoms with van der Waals surface area (Å²) in [5.41, 5.74) is -0.975. The predicted octanol–water partition coefficient (Wildman–Crippen LogP) is 2.76. The number of nitriles is 1. The van der Waals surface area contributed by atoms with Crippen molar-refractivity contribution in [1.29, 1.82) is 5.26 Å². The highest BCUT2D eigenvalue weighted by Gasteiger charge is 2.33. The second-order valence-corrected chi connectivity index (χ2v) is 5.63. The number of hydrogen-bond acceptors (Lipinski definition) is 3. The molecule has 1 N–H and O–H groups in total. The highest BCUT2D eigenvalue weighted by atomic mass is 32.2. The molecule has 2 unspecified atom stereocenters. The van der Waals surface area contributed by atoms with Crippen molar-refractivity contribution in [2.24, 2.45) is 0 Å². The van der Waals surface area contributed by atoms with Crippen molar-refractivity contribution in [3.63, 3.8) is 0 Å². The number of nitrogens with one attached hydrogen (secondary N) is 1. The van der Waals surface area contributed by atoms with Gasteiger partial charge in [0, 0.05) is 34.5 Å². The molecule has 0 spiro atoms. The summed E-state index contributed by atoms with van der Waals surface area (Å²) in [6.07, 6.45) is -2.99. The summed E-state index contributed by atoms with van der Waals surface area (Å²) in [6, 6.07) is 4.66. The molecule has 1 aromatic rings. The largest absolute Gasteiger partial charge is 0.417 e. The van der Waals surface area contributed by atoms with Crippen molar-refractivity contribution in [1.82, 2.24) is 0 Å². The Balaban J connectivity index is 2.96. The van der Waals surface area contributed by atoms with Gasteiger partial charge in [0.1, 0.15) is 0 Å². The maximum absolute atomic E-state index is 12.6. The molecule has 2 atom stereocenters. The first-order chi connectivity index (χ1) is 8.74. The summed E-state index contributed by atoms with van der Waals surface area (Å²) < 4.78 is 48.8. The van der Waals surface area contributed by atoms with E-state index in [1.807, 2.05) is 0 Å². The van der Waals surface area contributed by atoms with E-state index in [4.69, 9.17) is 5.26 Å². The van der Waals surface area contributed by atoms with Crippen molar-refractivity contribution in [3.8, 4) is 6.07 Å². The number of benzene rings is 1. The Morgan fingerprint density at radius 2 is 2.11 bits per heavy atom. The minimum atomic E-state index is -4.54. The van der Waals surface area contributed by atoms with E-state index < -0.39 is 28.1 Å². The van der Waals surface area contributed by atoms with Gasteiger partial charge >= 0.3 is 6.18 Å². The molecule has 3 nitrogen and oxygen atoms in total. The molecule has 1 rings (SSSR count). The molecule has 104 valence electrons. The van der Waals surface area contributed by atoms with Gasteiger partial charge in [-0.15, -0.1) is 0 Å². The Kier molecular flexibility index (Phi) is 4.95. The van der Waals surface area contributed by atoms with E-state index in [2.05, 4.69) is 5.32 Å². The number of halogens is 3. The van der Waals surface area contributed by atoms with Crippen molar-refractivity contribution < 1.29 is 17.4 Å². The minimum Gasteiger partial charge on any atom is -0.382 e. The van der Waals surface area contributed by atoms with Crippen LogP contribution >= 0.6 is 0 Å². The van der Waals surface area contributed by atoms with Gasteiger partial charge in [0.2, 0.25) is 0 Å². The average molecular weight is 290 g/mol. The van der Waals surface area contributed by atoms with E-state index in [0.29, 0.717) is 11.4 Å². The average Bonchev–Trinajstić information content (AvgIpc) is 2.25. The molecule has 0 aromatic heterocycles. The minimum absolute atomic E-state index is 0.158. The standard InChI is InChI=1S/C12H13F3N2OS/c1-8(7-19(2)18)17-10-3-4-11(12(13,14)15)9(5-10)6-16/h3-5,8,17H,7H2,1-2H3. The molecule has 0 heterocycles. The van der Waals surface area contributed by atoms with Crippen molar-refractivity contribution in [3.05, 3.63) is 29.3 Å². The third-order valence-electron chi connectivity index (χ3n) is 2.34. The first-order valence-electron chi connectivity index (χ1n) is 5.42. The first-order valence-corrected chi connectivity index (χ1v) is 7.14. The molecule has 0 aliphatic carbocycles. The van der Waals surface area contributed by atoms with Crippen LogP contribution in [0, 0.1) is 11.3 Å². The van der Waals surface area contributed by atoms with Crippen LogP contribution in [0.25, 0.3) is 0 Å². The Hall–Kier alpha value is -1.55. The van der Waals surface area contributed by atoms with Gasteiger partial charge in [-0.2, -0.15) is 18.4 Å². The van der Waals surface area contributed by atoms with Crippen LogP contribution in [0.2, 0.25) is 0 Å². The van der Waals surface area contributed by atoms with E-state index >= 15 is 0 Å². The van der Waals surface area contributed by atoms with Crippen LogP contribution in [0.15, 0.2) is 18.2 Å². The van der Waals surface area contributed by atoms with E-state index in [1.165, 1.54) is 12.1 Å². The zero-order valence-corrected chi connectivity index (χ0v) is 11.2. The molecule has 0 radical (unpaired) electrons. The third-order valence-corrected chi connectivity index (χ3v) is 3.31. The fourth-order valence-corrected chi connectivity index (χ4v) is 2.44. The molecular formula is C12H13F3N2OS. The SMILES string of the molecule is CC(CS(C)=O)Nc1ccc(C(F)(F)F)c(C#N)c1. The quantitative estimate of drug-likeness (QED) is 0.927. The molecule has 0 fully saturated rings. The molecule has 19 heavy (non-hydrogen) atoms. The summed E-state index contributed by atoms with van der Waals surface area (Å²) in [7, 11) is -1.00. The van der Waals surface area contributed by atoms with E-state index in [9.17, 15) is 17.4 Å². The van der Waals surface area contributed by atoms with Gasteiger partial charge in [-0.05, 0) is 25.1 Å². The van der Waals surface area contributed by atoms with Crippen LogP contribution in [-0.4, -0.2) is 22.3 Å². The van der Waals surface area contributed by atoms with Crippen LogP contribution in [0.1, 0.15) is 18.1 Å². The summed E-state index contributed by atoms with van der Waals surface area (Å²) in [4.78, 5) is 0. The lowest BCUT2D eigenvalue weighted by molar-refractivity contribution is -0.137. The maximum Gasteiger partial charge on any atom is 0.417 e. The van der Waals surface area contributed by atoms with Crippen molar-refractivity contribution in [2.45, 2.75) is 19.1 Å². The highest BCUT2D eigenvalue weighted by molar-refractivity contribution is 7.84.